The molecular formula is C11H21F2N3O. The summed E-state index contributed by atoms with van der Waals surface area (Å²) in [4.78, 5) is 4.15. The van der Waals surface area contributed by atoms with E-state index in [0.29, 0.717) is 38.5 Å². The predicted molar refractivity (Wildman–Crippen MR) is 63.3 cm³/mol. The lowest BCUT2D eigenvalue weighted by molar-refractivity contribution is -0.0446. The second-order valence-electron chi connectivity index (χ2n) is 4.44. The van der Waals surface area contributed by atoms with Gasteiger partial charge in [0.15, 0.2) is 5.96 Å². The number of hydrogen-bond acceptors (Lipinski definition) is 2. The van der Waals surface area contributed by atoms with Gasteiger partial charge in [0, 0.05) is 33.0 Å². The van der Waals surface area contributed by atoms with Gasteiger partial charge in [-0.05, 0) is 18.8 Å². The molecule has 1 aliphatic carbocycles. The highest BCUT2D eigenvalue weighted by atomic mass is 19.3. The number of rotatable bonds is 5. The van der Waals surface area contributed by atoms with E-state index < -0.39 is 5.92 Å². The van der Waals surface area contributed by atoms with E-state index in [2.05, 4.69) is 10.3 Å². The maximum Gasteiger partial charge on any atom is 0.248 e. The van der Waals surface area contributed by atoms with Gasteiger partial charge in [-0.15, -0.1) is 0 Å². The fraction of sp³-hybridized carbons (Fsp3) is 0.909. The third-order valence-corrected chi connectivity index (χ3v) is 2.97. The Morgan fingerprint density at radius 1 is 1.47 bits per heavy atom. The molecule has 0 saturated heterocycles. The lowest BCUT2D eigenvalue weighted by Crippen LogP contribution is -2.35. The number of aliphatic imine (C=N–C) groups is 1. The molecule has 0 aromatic rings. The van der Waals surface area contributed by atoms with E-state index in [1.807, 2.05) is 0 Å². The van der Waals surface area contributed by atoms with Gasteiger partial charge in [-0.1, -0.05) is 0 Å². The molecule has 1 aliphatic rings. The van der Waals surface area contributed by atoms with Gasteiger partial charge >= 0.3 is 0 Å². The summed E-state index contributed by atoms with van der Waals surface area (Å²) in [5, 5.41) is 2.89. The van der Waals surface area contributed by atoms with Gasteiger partial charge < -0.3 is 15.8 Å². The molecule has 0 bridgehead atoms. The summed E-state index contributed by atoms with van der Waals surface area (Å²) >= 11 is 0. The Labute approximate surface area is 101 Å². The highest BCUT2D eigenvalue weighted by Gasteiger charge is 2.34. The molecule has 0 radical (unpaired) electrons. The number of guanidine groups is 1. The van der Waals surface area contributed by atoms with E-state index >= 15 is 0 Å². The van der Waals surface area contributed by atoms with E-state index in [1.54, 1.807) is 7.11 Å². The zero-order valence-electron chi connectivity index (χ0n) is 10.2. The minimum Gasteiger partial charge on any atom is -0.383 e. The Morgan fingerprint density at radius 2 is 2.12 bits per heavy atom. The van der Waals surface area contributed by atoms with Crippen molar-refractivity contribution in [1.82, 2.24) is 5.32 Å². The zero-order chi connectivity index (χ0) is 12.7. The average Bonchev–Trinajstić information content (AvgIpc) is 2.28. The number of nitrogens with two attached hydrogens (primary N) is 1. The Kier molecular flexibility index (Phi) is 5.61. The van der Waals surface area contributed by atoms with Gasteiger partial charge in [0.25, 0.3) is 0 Å². The molecule has 17 heavy (non-hydrogen) atoms. The van der Waals surface area contributed by atoms with E-state index in [-0.39, 0.29) is 18.8 Å². The molecule has 1 saturated carbocycles. The summed E-state index contributed by atoms with van der Waals surface area (Å²) in [6.45, 7) is 1.70. The maximum atomic E-state index is 12.9. The molecule has 4 nitrogen and oxygen atoms in total. The normalized spacial score (nSPS) is 21.5. The van der Waals surface area contributed by atoms with Gasteiger partial charge in [-0.2, -0.15) is 0 Å². The number of hydrogen-bond donors (Lipinski definition) is 2. The van der Waals surface area contributed by atoms with Gasteiger partial charge in [-0.3, -0.25) is 4.99 Å². The zero-order valence-corrected chi connectivity index (χ0v) is 10.2. The fourth-order valence-electron chi connectivity index (χ4n) is 1.85. The van der Waals surface area contributed by atoms with Crippen LogP contribution in [0, 0.1) is 5.92 Å². The van der Waals surface area contributed by atoms with Gasteiger partial charge in [-0.25, -0.2) is 8.78 Å². The first-order valence-electron chi connectivity index (χ1n) is 5.94. The van der Waals surface area contributed by atoms with E-state index in [0.717, 1.165) is 0 Å². The fourth-order valence-corrected chi connectivity index (χ4v) is 1.85. The molecule has 0 amide bonds. The quantitative estimate of drug-likeness (QED) is 0.439. The van der Waals surface area contributed by atoms with Crippen LogP contribution in [0.25, 0.3) is 0 Å². The minimum atomic E-state index is -2.47. The summed E-state index contributed by atoms with van der Waals surface area (Å²) in [5.41, 5.74) is 5.62. The van der Waals surface area contributed by atoms with E-state index in [4.69, 9.17) is 10.5 Å². The van der Waals surface area contributed by atoms with Gasteiger partial charge in [0.05, 0.1) is 6.61 Å². The van der Waals surface area contributed by atoms with Crippen LogP contribution >= 0.6 is 0 Å². The van der Waals surface area contributed by atoms with Crippen molar-refractivity contribution in [2.45, 2.75) is 31.6 Å². The van der Waals surface area contributed by atoms with Crippen LogP contribution in [0.5, 0.6) is 0 Å². The van der Waals surface area contributed by atoms with Crippen molar-refractivity contribution in [2.75, 3.05) is 26.8 Å². The van der Waals surface area contributed by atoms with Crippen molar-refractivity contribution < 1.29 is 13.5 Å². The molecule has 0 atom stereocenters. The molecule has 0 heterocycles. The molecule has 6 heteroatoms. The van der Waals surface area contributed by atoms with Crippen molar-refractivity contribution >= 4 is 5.96 Å². The lowest BCUT2D eigenvalue weighted by atomic mass is 9.87. The minimum absolute atomic E-state index is 0.0236. The third kappa shape index (κ3) is 5.81. The van der Waals surface area contributed by atoms with Crippen molar-refractivity contribution in [1.29, 1.82) is 0 Å². The molecule has 100 valence electrons. The Bertz CT molecular complexity index is 249. The van der Waals surface area contributed by atoms with Crippen molar-refractivity contribution in [2.24, 2.45) is 16.6 Å². The Hall–Kier alpha value is -0.910. The molecular weight excluding hydrogens is 228 g/mol. The van der Waals surface area contributed by atoms with Crippen LogP contribution < -0.4 is 11.1 Å². The highest BCUT2D eigenvalue weighted by molar-refractivity contribution is 5.77. The second kappa shape index (κ2) is 6.74. The summed E-state index contributed by atoms with van der Waals surface area (Å²) in [6.07, 6.45) is 1.01. The van der Waals surface area contributed by atoms with E-state index in [1.165, 1.54) is 0 Å². The van der Waals surface area contributed by atoms with Crippen LogP contribution in [-0.4, -0.2) is 38.7 Å². The number of halogens is 2. The first-order valence-corrected chi connectivity index (χ1v) is 5.94. The molecule has 0 spiro atoms. The standard InChI is InChI=1S/C11H21F2N3O/c1-17-7-6-15-10(14)16-8-9-2-4-11(12,13)5-3-9/h9H,2-8H2,1H3,(H3,14,15,16). The maximum absolute atomic E-state index is 12.9. The molecule has 1 fully saturated rings. The van der Waals surface area contributed by atoms with Gasteiger partial charge in [0.2, 0.25) is 5.92 Å². The van der Waals surface area contributed by atoms with E-state index in [9.17, 15) is 8.78 Å². The van der Waals surface area contributed by atoms with Crippen molar-refractivity contribution in [3.63, 3.8) is 0 Å². The first kappa shape index (κ1) is 14.2. The smallest absolute Gasteiger partial charge is 0.248 e. The van der Waals surface area contributed by atoms with Gasteiger partial charge in [0.1, 0.15) is 0 Å². The lowest BCUT2D eigenvalue weighted by Gasteiger charge is -2.27. The molecule has 3 N–H and O–H groups in total. The average molecular weight is 249 g/mol. The van der Waals surface area contributed by atoms with Crippen molar-refractivity contribution in [3.05, 3.63) is 0 Å². The predicted octanol–water partition coefficient (Wildman–Crippen LogP) is 1.36. The topological polar surface area (TPSA) is 59.6 Å². The molecule has 0 aromatic heterocycles. The van der Waals surface area contributed by atoms with Crippen LogP contribution in [0.3, 0.4) is 0 Å². The van der Waals surface area contributed by atoms with Crippen LogP contribution in [0.4, 0.5) is 8.78 Å². The monoisotopic (exact) mass is 249 g/mol. The van der Waals surface area contributed by atoms with Crippen LogP contribution in [0.15, 0.2) is 4.99 Å². The second-order valence-corrected chi connectivity index (χ2v) is 4.44. The number of methoxy groups -OCH3 is 1. The number of nitrogens with zero attached hydrogens (tertiary/aromatic N) is 1. The number of alkyl halides is 2. The molecule has 0 unspecified atom stereocenters. The molecule has 0 aliphatic heterocycles. The van der Waals surface area contributed by atoms with Crippen LogP contribution in [-0.2, 0) is 4.74 Å². The summed E-state index contributed by atoms with van der Waals surface area (Å²) in [6, 6.07) is 0. The summed E-state index contributed by atoms with van der Waals surface area (Å²) in [5.74, 6) is -1.88. The summed E-state index contributed by atoms with van der Waals surface area (Å²) in [7, 11) is 1.61. The van der Waals surface area contributed by atoms with Crippen molar-refractivity contribution in [3.8, 4) is 0 Å². The van der Waals surface area contributed by atoms with Crippen LogP contribution in [0.2, 0.25) is 0 Å². The number of nitrogens with one attached hydrogen (secondary N) is 1. The number of ether oxygens (including phenoxy) is 1. The summed E-state index contributed by atoms with van der Waals surface area (Å²) < 4.78 is 30.6. The molecule has 1 rings (SSSR count). The Balaban J connectivity index is 2.19. The Morgan fingerprint density at radius 3 is 2.71 bits per heavy atom. The third-order valence-electron chi connectivity index (χ3n) is 2.97. The van der Waals surface area contributed by atoms with Crippen LogP contribution in [0.1, 0.15) is 25.7 Å². The SMILES string of the molecule is COCCNC(N)=NCC1CCC(F)(F)CC1. The largest absolute Gasteiger partial charge is 0.383 e. The molecule has 0 aromatic carbocycles. The first-order chi connectivity index (χ1) is 8.03. The highest BCUT2D eigenvalue weighted by Crippen LogP contribution is 2.36.